The number of hydrogen-bond donors (Lipinski definition) is 1. The molecule has 1 rings (SSSR count). The Morgan fingerprint density at radius 1 is 1.62 bits per heavy atom. The van der Waals surface area contributed by atoms with Crippen LogP contribution in [0.5, 0.6) is 0 Å². The van der Waals surface area contributed by atoms with Crippen LogP contribution in [0.1, 0.15) is 33.1 Å². The van der Waals surface area contributed by atoms with Gasteiger partial charge in [0.25, 0.3) is 0 Å². The van der Waals surface area contributed by atoms with Crippen LogP contribution in [0.4, 0.5) is 4.79 Å². The molecule has 0 radical (unpaired) electrons. The lowest BCUT2D eigenvalue weighted by atomic mass is 10.0. The molecule has 0 aromatic carbocycles. The Labute approximate surface area is 103 Å². The molecule has 3 nitrogen and oxygen atoms in total. The van der Waals surface area contributed by atoms with E-state index in [1.54, 1.807) is 11.8 Å². The van der Waals surface area contributed by atoms with Crippen LogP contribution in [0.3, 0.4) is 0 Å². The number of likely N-dealkylation sites (tertiary alicyclic amines) is 1. The molecule has 0 aromatic heterocycles. The lowest BCUT2D eigenvalue weighted by Gasteiger charge is -2.32. The summed E-state index contributed by atoms with van der Waals surface area (Å²) in [7, 11) is 0. The third-order valence-corrected chi connectivity index (χ3v) is 3.87. The van der Waals surface area contributed by atoms with Crippen molar-refractivity contribution in [2.45, 2.75) is 39.2 Å². The van der Waals surface area contributed by atoms with Crippen molar-refractivity contribution in [2.24, 2.45) is 5.92 Å². The fourth-order valence-electron chi connectivity index (χ4n) is 2.10. The van der Waals surface area contributed by atoms with E-state index in [1.807, 2.05) is 4.90 Å². The van der Waals surface area contributed by atoms with Crippen molar-refractivity contribution in [3.8, 4) is 0 Å². The zero-order valence-electron chi connectivity index (χ0n) is 10.7. The maximum Gasteiger partial charge on any atom is 0.317 e. The molecule has 94 valence electrons. The number of urea groups is 1. The first kappa shape index (κ1) is 13.7. The standard InChI is InChI=1S/C12H24N2OS/c1-4-11(9-16-3)13-12(15)14-7-5-6-10(2)8-14/h10-11H,4-9H2,1-3H3,(H,13,15). The lowest BCUT2D eigenvalue weighted by molar-refractivity contribution is 0.167. The molecule has 0 saturated carbocycles. The van der Waals surface area contributed by atoms with E-state index in [-0.39, 0.29) is 6.03 Å². The minimum Gasteiger partial charge on any atom is -0.334 e. The molecular formula is C12H24N2OS. The summed E-state index contributed by atoms with van der Waals surface area (Å²) in [4.78, 5) is 14.0. The van der Waals surface area contributed by atoms with Gasteiger partial charge in [0.15, 0.2) is 0 Å². The summed E-state index contributed by atoms with van der Waals surface area (Å²) in [6, 6.07) is 0.451. The summed E-state index contributed by atoms with van der Waals surface area (Å²) in [5, 5.41) is 3.12. The predicted octanol–water partition coefficient (Wildman–Crippen LogP) is 2.57. The van der Waals surface area contributed by atoms with Crippen LogP contribution in [-0.4, -0.2) is 42.1 Å². The molecule has 2 atom stereocenters. The number of nitrogens with one attached hydrogen (secondary N) is 1. The van der Waals surface area contributed by atoms with Gasteiger partial charge in [-0.25, -0.2) is 4.79 Å². The van der Waals surface area contributed by atoms with Crippen LogP contribution in [-0.2, 0) is 0 Å². The molecule has 2 unspecified atom stereocenters. The molecule has 0 spiro atoms. The number of thioether (sulfide) groups is 1. The summed E-state index contributed by atoms with van der Waals surface area (Å²) in [5.74, 6) is 1.66. The summed E-state index contributed by atoms with van der Waals surface area (Å²) in [6.07, 6.45) is 5.49. The van der Waals surface area contributed by atoms with Gasteiger partial charge in [-0.3, -0.25) is 0 Å². The van der Waals surface area contributed by atoms with E-state index in [9.17, 15) is 4.79 Å². The van der Waals surface area contributed by atoms with Crippen LogP contribution < -0.4 is 5.32 Å². The molecule has 2 amide bonds. The lowest BCUT2D eigenvalue weighted by Crippen LogP contribution is -2.48. The van der Waals surface area contributed by atoms with Gasteiger partial charge in [0.05, 0.1) is 0 Å². The highest BCUT2D eigenvalue weighted by Crippen LogP contribution is 2.15. The maximum atomic E-state index is 12.0. The predicted molar refractivity (Wildman–Crippen MR) is 71.0 cm³/mol. The summed E-state index contributed by atoms with van der Waals surface area (Å²) < 4.78 is 0. The molecule has 0 aliphatic carbocycles. The molecule has 0 bridgehead atoms. The van der Waals surface area contributed by atoms with Crippen LogP contribution in [0.25, 0.3) is 0 Å². The fraction of sp³-hybridized carbons (Fsp3) is 0.917. The summed E-state index contributed by atoms with van der Waals surface area (Å²) in [6.45, 7) is 6.19. The van der Waals surface area contributed by atoms with Gasteiger partial charge in [-0.05, 0) is 31.4 Å². The smallest absolute Gasteiger partial charge is 0.317 e. The minimum absolute atomic E-state index is 0.132. The Hall–Kier alpha value is -0.380. The molecule has 1 aliphatic rings. The second kappa shape index (κ2) is 7.05. The minimum atomic E-state index is 0.132. The number of hydrogen-bond acceptors (Lipinski definition) is 2. The largest absolute Gasteiger partial charge is 0.334 e. The van der Waals surface area contributed by atoms with Gasteiger partial charge in [0.2, 0.25) is 0 Å². The zero-order valence-corrected chi connectivity index (χ0v) is 11.5. The van der Waals surface area contributed by atoms with Crippen molar-refractivity contribution in [3.63, 3.8) is 0 Å². The van der Waals surface area contributed by atoms with E-state index in [0.717, 1.165) is 31.7 Å². The number of carbonyl (C=O) groups is 1. The van der Waals surface area contributed by atoms with Crippen molar-refractivity contribution < 1.29 is 4.79 Å². The van der Waals surface area contributed by atoms with E-state index >= 15 is 0 Å². The van der Waals surface area contributed by atoms with E-state index in [4.69, 9.17) is 0 Å². The highest BCUT2D eigenvalue weighted by atomic mass is 32.2. The SMILES string of the molecule is CCC(CSC)NC(=O)N1CCCC(C)C1. The third-order valence-electron chi connectivity index (χ3n) is 3.13. The topological polar surface area (TPSA) is 32.3 Å². The van der Waals surface area contributed by atoms with Gasteiger partial charge in [0, 0.05) is 24.9 Å². The number of rotatable bonds is 4. The first-order valence-electron chi connectivity index (χ1n) is 6.21. The Kier molecular flexibility index (Phi) is 6.03. The second-order valence-corrected chi connectivity index (χ2v) is 5.61. The average Bonchev–Trinajstić information content (AvgIpc) is 2.28. The van der Waals surface area contributed by atoms with Crippen LogP contribution in [0, 0.1) is 5.92 Å². The van der Waals surface area contributed by atoms with Crippen LogP contribution in [0.15, 0.2) is 0 Å². The van der Waals surface area contributed by atoms with Crippen molar-refractivity contribution in [2.75, 3.05) is 25.1 Å². The molecule has 1 saturated heterocycles. The Morgan fingerprint density at radius 2 is 2.38 bits per heavy atom. The molecule has 1 N–H and O–H groups in total. The Bertz CT molecular complexity index is 223. The van der Waals surface area contributed by atoms with Crippen molar-refractivity contribution in [3.05, 3.63) is 0 Å². The fourth-order valence-corrected chi connectivity index (χ4v) is 2.82. The quantitative estimate of drug-likeness (QED) is 0.824. The summed E-state index contributed by atoms with van der Waals surface area (Å²) in [5.41, 5.74) is 0. The number of carbonyl (C=O) groups excluding carboxylic acids is 1. The van der Waals surface area contributed by atoms with E-state index in [0.29, 0.717) is 12.0 Å². The summed E-state index contributed by atoms with van der Waals surface area (Å²) >= 11 is 1.79. The van der Waals surface area contributed by atoms with Crippen molar-refractivity contribution in [1.29, 1.82) is 0 Å². The van der Waals surface area contributed by atoms with Crippen LogP contribution in [0.2, 0.25) is 0 Å². The Morgan fingerprint density at radius 3 is 2.94 bits per heavy atom. The maximum absolute atomic E-state index is 12.0. The van der Waals surface area contributed by atoms with E-state index < -0.39 is 0 Å². The zero-order chi connectivity index (χ0) is 12.0. The first-order valence-corrected chi connectivity index (χ1v) is 7.61. The molecule has 1 aliphatic heterocycles. The van der Waals surface area contributed by atoms with E-state index in [2.05, 4.69) is 25.4 Å². The molecule has 1 fully saturated rings. The second-order valence-electron chi connectivity index (χ2n) is 4.70. The van der Waals surface area contributed by atoms with Gasteiger partial charge < -0.3 is 10.2 Å². The monoisotopic (exact) mass is 244 g/mol. The molecule has 4 heteroatoms. The van der Waals surface area contributed by atoms with Gasteiger partial charge in [-0.15, -0.1) is 0 Å². The number of nitrogens with zero attached hydrogens (tertiary/aromatic N) is 1. The number of amides is 2. The molecule has 16 heavy (non-hydrogen) atoms. The molecule has 0 aromatic rings. The molecule has 1 heterocycles. The van der Waals surface area contributed by atoms with E-state index in [1.165, 1.54) is 6.42 Å². The average molecular weight is 244 g/mol. The van der Waals surface area contributed by atoms with Crippen molar-refractivity contribution in [1.82, 2.24) is 10.2 Å². The van der Waals surface area contributed by atoms with Crippen molar-refractivity contribution >= 4 is 17.8 Å². The highest BCUT2D eigenvalue weighted by Gasteiger charge is 2.22. The number of piperidine rings is 1. The van der Waals surface area contributed by atoms with Crippen LogP contribution >= 0.6 is 11.8 Å². The van der Waals surface area contributed by atoms with Gasteiger partial charge in [-0.2, -0.15) is 11.8 Å². The molecular weight excluding hydrogens is 220 g/mol. The Balaban J connectivity index is 2.37. The highest BCUT2D eigenvalue weighted by molar-refractivity contribution is 7.98. The van der Waals surface area contributed by atoms with Gasteiger partial charge in [0.1, 0.15) is 0 Å². The normalized spacial score (nSPS) is 22.9. The van der Waals surface area contributed by atoms with Gasteiger partial charge >= 0.3 is 6.03 Å². The third kappa shape index (κ3) is 4.24. The first-order chi connectivity index (χ1) is 7.67. The van der Waals surface area contributed by atoms with Gasteiger partial charge in [-0.1, -0.05) is 13.8 Å².